The maximum Gasteiger partial charge on any atom is 0.414 e. The lowest BCUT2D eigenvalue weighted by Crippen LogP contribution is -2.51. The fourth-order valence-corrected chi connectivity index (χ4v) is 8.64. The van der Waals surface area contributed by atoms with Crippen molar-refractivity contribution in [2.45, 2.75) is 69.7 Å². The maximum absolute atomic E-state index is 14.0. The molecule has 8 rings (SSSR count). The molecule has 0 bridgehead atoms. The molecule has 0 radical (unpaired) electrons. The van der Waals surface area contributed by atoms with Gasteiger partial charge in [-0.15, -0.1) is 0 Å². The number of fused-ring (bicyclic) bond motifs is 4. The summed E-state index contributed by atoms with van der Waals surface area (Å²) < 4.78 is 60.9. The van der Waals surface area contributed by atoms with E-state index in [4.69, 9.17) is 14.2 Å². The Morgan fingerprint density at radius 2 is 1.62 bits per heavy atom. The first-order chi connectivity index (χ1) is 29.5. The highest BCUT2D eigenvalue weighted by atomic mass is 19.4. The van der Waals surface area contributed by atoms with Crippen LogP contribution in [0.25, 0.3) is 32.9 Å². The number of aryl methyl sites for hydroxylation is 1. The second-order valence-electron chi connectivity index (χ2n) is 16.0. The molecule has 0 saturated carbocycles. The number of pyridine rings is 2. The van der Waals surface area contributed by atoms with Gasteiger partial charge in [-0.05, 0) is 99.2 Å². The zero-order chi connectivity index (χ0) is 42.7. The van der Waals surface area contributed by atoms with Gasteiger partial charge in [0.2, 0.25) is 11.8 Å². The summed E-state index contributed by atoms with van der Waals surface area (Å²) in [7, 11) is 2.05. The zero-order valence-corrected chi connectivity index (χ0v) is 34.1. The zero-order valence-electron chi connectivity index (χ0n) is 34.1. The van der Waals surface area contributed by atoms with E-state index in [1.54, 1.807) is 24.4 Å². The van der Waals surface area contributed by atoms with E-state index >= 15 is 0 Å². The van der Waals surface area contributed by atoms with Crippen molar-refractivity contribution in [3.63, 3.8) is 0 Å². The van der Waals surface area contributed by atoms with Crippen LogP contribution in [0, 0.1) is 5.92 Å². The van der Waals surface area contributed by atoms with Gasteiger partial charge in [0.1, 0.15) is 6.04 Å². The van der Waals surface area contributed by atoms with Gasteiger partial charge in [-0.3, -0.25) is 24.3 Å². The van der Waals surface area contributed by atoms with Crippen LogP contribution in [0.3, 0.4) is 0 Å². The number of unbranched alkanes of at least 4 members (excludes halogenated alkanes) is 2. The molecule has 0 aliphatic carbocycles. The molecule has 6 heterocycles. The van der Waals surface area contributed by atoms with Gasteiger partial charge in [0, 0.05) is 84.6 Å². The number of hydrogen-bond donors (Lipinski definition) is 1. The molecule has 2 saturated heterocycles. The van der Waals surface area contributed by atoms with Crippen LogP contribution >= 0.6 is 0 Å². The molecule has 3 aromatic heterocycles. The number of aromatic nitrogens is 3. The number of piperidine rings is 2. The van der Waals surface area contributed by atoms with Crippen LogP contribution in [0.2, 0.25) is 0 Å². The van der Waals surface area contributed by atoms with Crippen LogP contribution in [-0.4, -0.2) is 95.0 Å². The molecule has 15 heteroatoms. The Labute approximate surface area is 351 Å². The molecule has 5 aromatic rings. The molecule has 320 valence electrons. The van der Waals surface area contributed by atoms with E-state index in [2.05, 4.69) is 51.7 Å². The summed E-state index contributed by atoms with van der Waals surface area (Å²) in [6.45, 7) is 5.55. The molecule has 3 amide bonds. The number of amides is 3. The minimum atomic E-state index is -4.50. The van der Waals surface area contributed by atoms with Crippen LogP contribution in [-0.2, 0) is 21.3 Å². The molecular formula is C46H49F3N6O6. The lowest BCUT2D eigenvalue weighted by atomic mass is 9.90. The molecule has 12 nitrogen and oxygen atoms in total. The third-order valence-electron chi connectivity index (χ3n) is 12.0. The van der Waals surface area contributed by atoms with Crippen LogP contribution < -0.4 is 15.0 Å². The third kappa shape index (κ3) is 9.13. The number of imide groups is 1. The van der Waals surface area contributed by atoms with E-state index in [-0.39, 0.29) is 36.7 Å². The topological polar surface area (TPSA) is 128 Å². The van der Waals surface area contributed by atoms with E-state index in [1.807, 2.05) is 35.5 Å². The summed E-state index contributed by atoms with van der Waals surface area (Å²) in [5.41, 5.74) is 6.03. The summed E-state index contributed by atoms with van der Waals surface area (Å²) in [6, 6.07) is 16.3. The quantitative estimate of drug-likeness (QED) is 0.0777. The van der Waals surface area contributed by atoms with Gasteiger partial charge in [-0.25, -0.2) is 4.98 Å². The molecule has 3 aliphatic rings. The largest absolute Gasteiger partial charge is 0.478 e. The molecule has 0 spiro atoms. The normalized spacial score (nSPS) is 18.0. The number of nitrogens with zero attached hydrogens (tertiary/aromatic N) is 5. The highest BCUT2D eigenvalue weighted by Gasteiger charge is 2.45. The fourth-order valence-electron chi connectivity index (χ4n) is 8.64. The van der Waals surface area contributed by atoms with Crippen molar-refractivity contribution < 1.29 is 41.8 Å². The lowest BCUT2D eigenvalue weighted by molar-refractivity contribution is -0.228. The molecule has 2 unspecified atom stereocenters. The predicted molar refractivity (Wildman–Crippen MR) is 224 cm³/mol. The SMILES string of the molecule is C=C1CCC(N2C(=O)c3ccc(N4CCC(CC(OCCOCCCCCOc5ccc(-c6ccc7c8cnccc8n(C)c7c6)cn5)C(F)(F)F)CC4)cc3C2=O)C(=O)N1. The minimum Gasteiger partial charge on any atom is -0.478 e. The minimum absolute atomic E-state index is 0.0696. The van der Waals surface area contributed by atoms with E-state index in [0.717, 1.165) is 57.1 Å². The van der Waals surface area contributed by atoms with Crippen LogP contribution in [0.5, 0.6) is 5.88 Å². The average Bonchev–Trinajstić information content (AvgIpc) is 3.68. The van der Waals surface area contributed by atoms with Gasteiger partial charge >= 0.3 is 6.18 Å². The highest BCUT2D eigenvalue weighted by molar-refractivity contribution is 6.23. The third-order valence-corrected chi connectivity index (χ3v) is 12.0. The monoisotopic (exact) mass is 838 g/mol. The fraction of sp³-hybridized carbons (Fsp3) is 0.413. The molecule has 2 fully saturated rings. The van der Waals surface area contributed by atoms with E-state index in [0.29, 0.717) is 69.3 Å². The Morgan fingerprint density at radius 1 is 0.836 bits per heavy atom. The van der Waals surface area contributed by atoms with Crippen molar-refractivity contribution >= 4 is 45.2 Å². The van der Waals surface area contributed by atoms with E-state index < -0.39 is 36.0 Å². The Morgan fingerprint density at radius 3 is 2.39 bits per heavy atom. The Hall–Kier alpha value is -5.80. The Bertz CT molecular complexity index is 2430. The number of hydrogen-bond acceptors (Lipinski definition) is 9. The van der Waals surface area contributed by atoms with E-state index in [9.17, 15) is 27.6 Å². The number of carbonyl (C=O) groups excluding carboxylic acids is 3. The van der Waals surface area contributed by atoms with Crippen molar-refractivity contribution in [3.05, 3.63) is 96.6 Å². The van der Waals surface area contributed by atoms with Crippen LogP contribution in [0.4, 0.5) is 18.9 Å². The molecule has 2 aromatic carbocycles. The van der Waals surface area contributed by atoms with Gasteiger partial charge in [0.05, 0.1) is 36.5 Å². The second-order valence-corrected chi connectivity index (χ2v) is 16.0. The Kier molecular flexibility index (Phi) is 12.4. The van der Waals surface area contributed by atoms with Crippen LogP contribution in [0.1, 0.15) is 72.1 Å². The number of rotatable bonds is 16. The summed E-state index contributed by atoms with van der Waals surface area (Å²) in [6.07, 6.45) is 3.14. The number of nitrogens with one attached hydrogen (secondary N) is 1. The maximum atomic E-state index is 14.0. The average molecular weight is 839 g/mol. The molecular weight excluding hydrogens is 790 g/mol. The smallest absolute Gasteiger partial charge is 0.414 e. The number of halogens is 3. The predicted octanol–water partition coefficient (Wildman–Crippen LogP) is 8.00. The molecule has 3 aliphatic heterocycles. The number of alkyl halides is 3. The van der Waals surface area contributed by atoms with Crippen molar-refractivity contribution in [3.8, 4) is 17.0 Å². The van der Waals surface area contributed by atoms with Gasteiger partial charge in [-0.1, -0.05) is 18.7 Å². The molecule has 1 N–H and O–H groups in total. The lowest BCUT2D eigenvalue weighted by Gasteiger charge is -2.35. The van der Waals surface area contributed by atoms with Gasteiger partial charge in [0.15, 0.2) is 6.10 Å². The highest BCUT2D eigenvalue weighted by Crippen LogP contribution is 2.36. The van der Waals surface area contributed by atoms with Crippen molar-refractivity contribution in [2.75, 3.05) is 44.4 Å². The van der Waals surface area contributed by atoms with Crippen molar-refractivity contribution in [1.82, 2.24) is 24.8 Å². The van der Waals surface area contributed by atoms with Gasteiger partial charge < -0.3 is 29.0 Å². The number of benzene rings is 2. The first-order valence-corrected chi connectivity index (χ1v) is 20.9. The van der Waals surface area contributed by atoms with Crippen molar-refractivity contribution in [1.29, 1.82) is 0 Å². The van der Waals surface area contributed by atoms with Gasteiger partial charge in [-0.2, -0.15) is 13.2 Å². The van der Waals surface area contributed by atoms with E-state index in [1.165, 1.54) is 0 Å². The summed E-state index contributed by atoms with van der Waals surface area (Å²) in [5.74, 6) is -1.12. The number of allylic oxidation sites excluding steroid dienone is 1. The number of anilines is 1. The molecule has 61 heavy (non-hydrogen) atoms. The van der Waals surface area contributed by atoms with Crippen molar-refractivity contribution in [2.24, 2.45) is 13.0 Å². The number of ether oxygens (including phenoxy) is 3. The summed E-state index contributed by atoms with van der Waals surface area (Å²) in [4.78, 5) is 50.8. The van der Waals surface area contributed by atoms with Gasteiger partial charge in [0.25, 0.3) is 11.8 Å². The van der Waals surface area contributed by atoms with Crippen LogP contribution in [0.15, 0.2) is 85.5 Å². The second kappa shape index (κ2) is 18.0. The standard InChI is InChI=1S/C46H49F3N6O6/c1-29-6-12-39(43(56)52-29)55-44(57)35-11-9-33(26-36(35)45(55)58)54-18-15-30(16-19-54)24-41(46(47,48)49)60-23-22-59-20-4-3-5-21-61-42-13-8-32(27-51-42)31-7-10-34-37-28-50-17-14-38(37)53(2)40(34)25-31/h7-11,13-14,17,25-28,30,39,41H,1,3-6,12,15-16,18-24H2,2H3,(H,52,56). The molecule has 2 atom stereocenters. The summed E-state index contributed by atoms with van der Waals surface area (Å²) in [5, 5.41) is 4.90. The summed E-state index contributed by atoms with van der Waals surface area (Å²) >= 11 is 0. The first kappa shape index (κ1) is 41.9. The number of carbonyl (C=O) groups is 3. The Balaban J connectivity index is 0.712. The first-order valence-electron chi connectivity index (χ1n) is 20.9.